The van der Waals surface area contributed by atoms with Gasteiger partial charge in [-0.25, -0.2) is 9.18 Å². The molecule has 2 aromatic rings. The lowest BCUT2D eigenvalue weighted by molar-refractivity contribution is -0.134. The summed E-state index contributed by atoms with van der Waals surface area (Å²) in [5.41, 5.74) is 1.03. The Morgan fingerprint density at radius 1 is 1.18 bits per heavy atom. The Morgan fingerprint density at radius 3 is 2.51 bits per heavy atom. The second-order valence-corrected chi connectivity index (χ2v) is 12.4. The lowest BCUT2D eigenvalue weighted by Gasteiger charge is -2.28. The van der Waals surface area contributed by atoms with E-state index in [1.807, 2.05) is 26.8 Å². The summed E-state index contributed by atoms with van der Waals surface area (Å²) in [6, 6.07) is 3.38. The molecule has 1 fully saturated rings. The number of aromatic nitrogens is 2. The summed E-state index contributed by atoms with van der Waals surface area (Å²) in [6.45, 7) is 11.1. The van der Waals surface area contributed by atoms with E-state index in [1.165, 1.54) is 0 Å². The van der Waals surface area contributed by atoms with E-state index in [-0.39, 0.29) is 31.3 Å². The van der Waals surface area contributed by atoms with Gasteiger partial charge < -0.3 is 10.1 Å². The first-order chi connectivity index (χ1) is 18.1. The van der Waals surface area contributed by atoms with Gasteiger partial charge in [-0.05, 0) is 50.3 Å². The van der Waals surface area contributed by atoms with E-state index in [9.17, 15) is 18.8 Å². The molecule has 1 aromatic carbocycles. The Kier molecular flexibility index (Phi) is 9.66. The molecule has 1 aromatic heterocycles. The van der Waals surface area contributed by atoms with Gasteiger partial charge in [0.15, 0.2) is 0 Å². The molecule has 0 bridgehead atoms. The number of nitrogens with one attached hydrogen (secondary N) is 2. The Balaban J connectivity index is 1.77. The summed E-state index contributed by atoms with van der Waals surface area (Å²) in [5, 5.41) is 5.47. The fraction of sp³-hybridized carbons (Fsp3) is 0.536. The van der Waals surface area contributed by atoms with Crippen LogP contribution in [-0.2, 0) is 20.9 Å². The molecular formula is C28H37ClFN5O4. The summed E-state index contributed by atoms with van der Waals surface area (Å²) in [6.07, 6.45) is 2.93. The van der Waals surface area contributed by atoms with Crippen LogP contribution in [0, 0.1) is 5.41 Å². The van der Waals surface area contributed by atoms with Crippen molar-refractivity contribution in [3.05, 3.63) is 47.4 Å². The van der Waals surface area contributed by atoms with Crippen LogP contribution in [-0.4, -0.2) is 63.2 Å². The van der Waals surface area contributed by atoms with E-state index < -0.39 is 41.8 Å². The average molecular weight is 562 g/mol. The van der Waals surface area contributed by atoms with Gasteiger partial charge in [0.25, 0.3) is 0 Å². The van der Waals surface area contributed by atoms with Crippen molar-refractivity contribution in [2.24, 2.45) is 5.41 Å². The van der Waals surface area contributed by atoms with Gasteiger partial charge in [0.1, 0.15) is 17.8 Å². The van der Waals surface area contributed by atoms with E-state index in [2.05, 4.69) is 20.6 Å². The van der Waals surface area contributed by atoms with Crippen LogP contribution in [0.4, 0.5) is 9.18 Å². The number of hydrogen-bond donors (Lipinski definition) is 2. The average Bonchev–Trinajstić information content (AvgIpc) is 3.17. The normalized spacial score (nSPS) is 18.9. The molecule has 0 saturated carbocycles. The molecule has 1 aliphatic heterocycles. The van der Waals surface area contributed by atoms with E-state index in [0.717, 1.165) is 11.1 Å². The molecule has 3 amide bonds. The number of halogens is 2. The van der Waals surface area contributed by atoms with E-state index >= 15 is 0 Å². The molecule has 1 aliphatic rings. The van der Waals surface area contributed by atoms with E-state index in [1.54, 1.807) is 56.4 Å². The number of carbonyl (C=O) groups is 3. The summed E-state index contributed by atoms with van der Waals surface area (Å²) in [4.78, 5) is 49.0. The lowest BCUT2D eigenvalue weighted by atomic mass is 9.87. The van der Waals surface area contributed by atoms with Gasteiger partial charge in [-0.15, -0.1) is 0 Å². The quantitative estimate of drug-likeness (QED) is 0.504. The fourth-order valence-corrected chi connectivity index (χ4v) is 4.65. The highest BCUT2D eigenvalue weighted by Crippen LogP contribution is 2.30. The maximum absolute atomic E-state index is 14.6. The summed E-state index contributed by atoms with van der Waals surface area (Å²) >= 11 is 6.26. The zero-order valence-electron chi connectivity index (χ0n) is 23.3. The molecule has 2 heterocycles. The molecule has 212 valence electrons. The number of ether oxygens (including phenoxy) is 1. The third kappa shape index (κ3) is 9.25. The number of benzene rings is 1. The SMILES string of the molecule is CC(C)(C)C[C@@H](NC(=O)OC(C)(C)C)C(=O)NC(=O)[C@@H]1C[C@@H](F)CN1Cc1cc(Cl)ccc1-c1cnccn1. The van der Waals surface area contributed by atoms with Gasteiger partial charge in [-0.2, -0.15) is 0 Å². The minimum absolute atomic E-state index is 0.0142. The van der Waals surface area contributed by atoms with Crippen molar-refractivity contribution in [1.29, 1.82) is 0 Å². The molecule has 2 N–H and O–H groups in total. The summed E-state index contributed by atoms with van der Waals surface area (Å²) in [5.74, 6) is -1.31. The number of rotatable bonds is 7. The maximum atomic E-state index is 14.6. The van der Waals surface area contributed by atoms with Crippen LogP contribution < -0.4 is 10.6 Å². The predicted molar refractivity (Wildman–Crippen MR) is 147 cm³/mol. The zero-order chi connectivity index (χ0) is 29.0. The van der Waals surface area contributed by atoms with Crippen molar-refractivity contribution in [3.63, 3.8) is 0 Å². The number of nitrogens with zero attached hydrogens (tertiary/aromatic N) is 3. The van der Waals surface area contributed by atoms with Gasteiger partial charge >= 0.3 is 6.09 Å². The molecule has 11 heteroatoms. The third-order valence-electron chi connectivity index (χ3n) is 6.01. The minimum atomic E-state index is -1.25. The van der Waals surface area contributed by atoms with Crippen LogP contribution in [0.3, 0.4) is 0 Å². The molecule has 0 radical (unpaired) electrons. The number of alkyl carbamates (subject to hydrolysis) is 1. The van der Waals surface area contributed by atoms with Crippen molar-refractivity contribution >= 4 is 29.5 Å². The molecular weight excluding hydrogens is 525 g/mol. The Bertz CT molecular complexity index is 1180. The Morgan fingerprint density at radius 2 is 1.90 bits per heavy atom. The third-order valence-corrected chi connectivity index (χ3v) is 6.24. The van der Waals surface area contributed by atoms with Crippen molar-refractivity contribution in [2.75, 3.05) is 6.54 Å². The molecule has 39 heavy (non-hydrogen) atoms. The molecule has 9 nitrogen and oxygen atoms in total. The summed E-state index contributed by atoms with van der Waals surface area (Å²) < 4.78 is 19.9. The Labute approximate surface area is 233 Å². The van der Waals surface area contributed by atoms with Crippen LogP contribution in [0.5, 0.6) is 0 Å². The van der Waals surface area contributed by atoms with Crippen LogP contribution in [0.25, 0.3) is 11.3 Å². The van der Waals surface area contributed by atoms with Gasteiger partial charge in [-0.1, -0.05) is 38.4 Å². The van der Waals surface area contributed by atoms with E-state index in [0.29, 0.717) is 10.7 Å². The van der Waals surface area contributed by atoms with Crippen molar-refractivity contribution in [3.8, 4) is 11.3 Å². The number of carbonyl (C=O) groups excluding carboxylic acids is 3. The van der Waals surface area contributed by atoms with Crippen molar-refractivity contribution in [2.45, 2.75) is 84.8 Å². The van der Waals surface area contributed by atoms with Gasteiger partial charge in [0, 0.05) is 42.5 Å². The number of alkyl halides is 1. The van der Waals surface area contributed by atoms with E-state index in [4.69, 9.17) is 16.3 Å². The molecule has 3 rings (SSSR count). The first kappa shape index (κ1) is 30.4. The standard InChI is InChI=1S/C28H37ClFN5O4/c1-27(2,3)13-21(33-26(38)39-28(4,5)6)24(36)34-25(37)23-12-19(30)16-35(23)15-17-11-18(29)7-8-20(17)22-14-31-9-10-32-22/h7-11,14,19,21,23H,12-13,15-16H2,1-6H3,(H,33,38)(H,34,36,37)/t19-,21-,23+/m1/s1. The first-order valence-electron chi connectivity index (χ1n) is 12.9. The van der Waals surface area contributed by atoms with Gasteiger partial charge in [0.2, 0.25) is 11.8 Å². The highest BCUT2D eigenvalue weighted by atomic mass is 35.5. The smallest absolute Gasteiger partial charge is 0.408 e. The monoisotopic (exact) mass is 561 g/mol. The summed E-state index contributed by atoms with van der Waals surface area (Å²) in [7, 11) is 0. The van der Waals surface area contributed by atoms with Crippen molar-refractivity contribution < 1.29 is 23.5 Å². The largest absolute Gasteiger partial charge is 0.444 e. The predicted octanol–water partition coefficient (Wildman–Crippen LogP) is 4.68. The van der Waals surface area contributed by atoms with Crippen LogP contribution in [0.1, 0.15) is 59.9 Å². The first-order valence-corrected chi connectivity index (χ1v) is 13.3. The number of imide groups is 1. The molecule has 0 unspecified atom stereocenters. The Hall–Kier alpha value is -3.11. The molecule has 1 saturated heterocycles. The second kappa shape index (κ2) is 12.4. The number of likely N-dealkylation sites (tertiary alicyclic amines) is 1. The number of hydrogen-bond acceptors (Lipinski definition) is 7. The van der Waals surface area contributed by atoms with Gasteiger partial charge in [0.05, 0.1) is 17.9 Å². The van der Waals surface area contributed by atoms with Gasteiger partial charge in [-0.3, -0.25) is 29.8 Å². The fourth-order valence-electron chi connectivity index (χ4n) is 4.46. The molecule has 0 spiro atoms. The minimum Gasteiger partial charge on any atom is -0.444 e. The highest BCUT2D eigenvalue weighted by molar-refractivity contribution is 6.30. The maximum Gasteiger partial charge on any atom is 0.408 e. The lowest BCUT2D eigenvalue weighted by Crippen LogP contribution is -2.54. The number of amides is 3. The second-order valence-electron chi connectivity index (χ2n) is 12.0. The van der Waals surface area contributed by atoms with Crippen molar-refractivity contribution in [1.82, 2.24) is 25.5 Å². The molecule has 3 atom stereocenters. The van der Waals surface area contributed by atoms with Crippen LogP contribution >= 0.6 is 11.6 Å². The van der Waals surface area contributed by atoms with Crippen LogP contribution in [0.15, 0.2) is 36.8 Å². The molecule has 0 aliphatic carbocycles. The zero-order valence-corrected chi connectivity index (χ0v) is 24.0. The highest BCUT2D eigenvalue weighted by Gasteiger charge is 2.39. The van der Waals surface area contributed by atoms with Crippen LogP contribution in [0.2, 0.25) is 5.02 Å². The topological polar surface area (TPSA) is 114 Å².